The first kappa shape index (κ1) is 24.0. The van der Waals surface area contributed by atoms with Crippen molar-refractivity contribution in [1.82, 2.24) is 14.5 Å². The molecular formula is C26H33N3O2S2. The van der Waals surface area contributed by atoms with Crippen LogP contribution in [0.15, 0.2) is 34.2 Å². The Labute approximate surface area is 204 Å². The van der Waals surface area contributed by atoms with Gasteiger partial charge in [-0.25, -0.2) is 4.98 Å². The third kappa shape index (κ3) is 4.90. The summed E-state index contributed by atoms with van der Waals surface area (Å²) in [6.07, 6.45) is 4.16. The topological polar surface area (TPSA) is 55.2 Å². The first-order valence-corrected chi connectivity index (χ1v) is 13.6. The van der Waals surface area contributed by atoms with Crippen LogP contribution in [0.4, 0.5) is 0 Å². The molecule has 5 nitrogen and oxygen atoms in total. The normalized spacial score (nSPS) is 18.8. The van der Waals surface area contributed by atoms with Gasteiger partial charge in [-0.1, -0.05) is 48.5 Å². The highest BCUT2D eigenvalue weighted by molar-refractivity contribution is 7.99. The van der Waals surface area contributed by atoms with Gasteiger partial charge in [-0.05, 0) is 64.5 Å². The Morgan fingerprint density at radius 1 is 1.15 bits per heavy atom. The maximum Gasteiger partial charge on any atom is 0.263 e. The molecule has 1 fully saturated rings. The third-order valence-corrected chi connectivity index (χ3v) is 8.99. The van der Waals surface area contributed by atoms with Crippen LogP contribution < -0.4 is 5.56 Å². The van der Waals surface area contributed by atoms with Crippen molar-refractivity contribution in [1.29, 1.82) is 0 Å². The van der Waals surface area contributed by atoms with Gasteiger partial charge in [-0.2, -0.15) is 0 Å². The summed E-state index contributed by atoms with van der Waals surface area (Å²) in [6.45, 7) is 10.9. The van der Waals surface area contributed by atoms with Crippen LogP contribution in [0.3, 0.4) is 0 Å². The number of carbonyl (C=O) groups excluding carboxylic acids is 1. The number of carbonyl (C=O) groups is 1. The summed E-state index contributed by atoms with van der Waals surface area (Å²) in [4.78, 5) is 35.7. The van der Waals surface area contributed by atoms with Gasteiger partial charge in [0.1, 0.15) is 4.83 Å². The van der Waals surface area contributed by atoms with E-state index in [4.69, 9.17) is 4.98 Å². The number of amides is 1. The van der Waals surface area contributed by atoms with Crippen LogP contribution in [0.2, 0.25) is 0 Å². The average molecular weight is 484 g/mol. The Hall–Kier alpha value is -2.12. The Morgan fingerprint density at radius 3 is 2.45 bits per heavy atom. The summed E-state index contributed by atoms with van der Waals surface area (Å²) in [5, 5.41) is 1.35. The first-order chi connectivity index (χ1) is 15.8. The number of fused-ring (bicyclic) bond motifs is 1. The van der Waals surface area contributed by atoms with Gasteiger partial charge >= 0.3 is 0 Å². The average Bonchev–Trinajstić information content (AvgIpc) is 3.11. The standard InChI is InChI=1S/C26H33N3O2S2/c1-6-21-19(5)23-24(33-21)27-26(28(25(23)31)14-20-12-10-16(2)11-13-20)32-15-22(30)29-17(3)8-7-9-18(29)4/h10-13,17-18H,6-9,14-15H2,1-5H3. The molecule has 0 N–H and O–H groups in total. The van der Waals surface area contributed by atoms with Gasteiger partial charge in [0.15, 0.2) is 5.16 Å². The Balaban J connectivity index is 1.70. The molecule has 3 aromatic rings. The van der Waals surface area contributed by atoms with Gasteiger partial charge < -0.3 is 4.90 Å². The van der Waals surface area contributed by atoms with Gasteiger partial charge in [-0.3, -0.25) is 14.2 Å². The van der Waals surface area contributed by atoms with Crippen LogP contribution in [0.25, 0.3) is 10.2 Å². The van der Waals surface area contributed by atoms with Gasteiger partial charge in [0.2, 0.25) is 5.91 Å². The smallest absolute Gasteiger partial charge is 0.263 e. The molecule has 0 saturated carbocycles. The summed E-state index contributed by atoms with van der Waals surface area (Å²) in [5.74, 6) is 0.429. The monoisotopic (exact) mass is 483 g/mol. The fourth-order valence-corrected chi connectivity index (χ4v) is 6.85. The van der Waals surface area contributed by atoms with E-state index in [0.717, 1.165) is 40.6 Å². The van der Waals surface area contributed by atoms with Gasteiger partial charge in [0.05, 0.1) is 17.7 Å². The highest BCUT2D eigenvalue weighted by Crippen LogP contribution is 2.30. The van der Waals surface area contributed by atoms with E-state index in [-0.39, 0.29) is 23.6 Å². The zero-order valence-corrected chi connectivity index (χ0v) is 21.8. The molecule has 176 valence electrons. The van der Waals surface area contributed by atoms with Gasteiger partial charge in [-0.15, -0.1) is 11.3 Å². The quantitative estimate of drug-likeness (QED) is 0.340. The zero-order valence-electron chi connectivity index (χ0n) is 20.2. The summed E-state index contributed by atoms with van der Waals surface area (Å²) in [5.41, 5.74) is 3.27. The SMILES string of the molecule is CCc1sc2nc(SCC(=O)N3C(C)CCCC3C)n(Cc3ccc(C)cc3)c(=O)c2c1C. The van der Waals surface area contributed by atoms with Crippen molar-refractivity contribution in [2.45, 2.75) is 84.1 Å². The minimum atomic E-state index is -0.0105. The molecule has 0 spiro atoms. The molecular weight excluding hydrogens is 450 g/mol. The fraction of sp³-hybridized carbons (Fsp3) is 0.500. The highest BCUT2D eigenvalue weighted by atomic mass is 32.2. The number of benzene rings is 1. The number of likely N-dealkylation sites (tertiary alicyclic amines) is 1. The van der Waals surface area contributed by atoms with Gasteiger partial charge in [0.25, 0.3) is 5.56 Å². The van der Waals surface area contributed by atoms with Crippen LogP contribution in [0.5, 0.6) is 0 Å². The van der Waals surface area contributed by atoms with Crippen molar-refractivity contribution in [3.63, 3.8) is 0 Å². The van der Waals surface area contributed by atoms with Crippen LogP contribution in [-0.2, 0) is 17.8 Å². The van der Waals surface area contributed by atoms with Crippen LogP contribution >= 0.6 is 23.1 Å². The zero-order chi connectivity index (χ0) is 23.7. The minimum Gasteiger partial charge on any atom is -0.337 e. The number of hydrogen-bond donors (Lipinski definition) is 0. The molecule has 1 aromatic carbocycles. The van der Waals surface area contributed by atoms with Crippen molar-refractivity contribution in [3.8, 4) is 0 Å². The van der Waals surface area contributed by atoms with Crippen molar-refractivity contribution in [3.05, 3.63) is 56.2 Å². The maximum absolute atomic E-state index is 13.6. The van der Waals surface area contributed by atoms with Gasteiger partial charge in [0, 0.05) is 17.0 Å². The Bertz CT molecular complexity index is 1200. The minimum absolute atomic E-state index is 0.0105. The lowest BCUT2D eigenvalue weighted by Gasteiger charge is -2.39. The van der Waals surface area contributed by atoms with Crippen molar-refractivity contribution < 1.29 is 4.79 Å². The van der Waals surface area contributed by atoms with Crippen molar-refractivity contribution >= 4 is 39.2 Å². The number of thioether (sulfide) groups is 1. The van der Waals surface area contributed by atoms with E-state index in [0.29, 0.717) is 17.5 Å². The highest BCUT2D eigenvalue weighted by Gasteiger charge is 2.29. The second-order valence-corrected chi connectivity index (χ2v) is 11.2. The predicted octanol–water partition coefficient (Wildman–Crippen LogP) is 5.57. The molecule has 0 bridgehead atoms. The molecule has 2 atom stereocenters. The number of thiophene rings is 1. The fourth-order valence-electron chi connectivity index (χ4n) is 4.82. The number of aromatic nitrogens is 2. The van der Waals surface area contributed by atoms with Crippen molar-refractivity contribution in [2.75, 3.05) is 5.75 Å². The van der Waals surface area contributed by atoms with E-state index in [1.165, 1.54) is 28.6 Å². The van der Waals surface area contributed by atoms with Crippen LogP contribution in [-0.4, -0.2) is 38.2 Å². The molecule has 1 aliphatic rings. The summed E-state index contributed by atoms with van der Waals surface area (Å²) < 4.78 is 1.76. The molecule has 1 aliphatic heterocycles. The second kappa shape index (κ2) is 10.0. The van der Waals surface area contributed by atoms with Crippen LogP contribution in [0, 0.1) is 13.8 Å². The summed E-state index contributed by atoms with van der Waals surface area (Å²) >= 11 is 2.99. The van der Waals surface area contributed by atoms with E-state index in [1.54, 1.807) is 15.9 Å². The van der Waals surface area contributed by atoms with E-state index in [9.17, 15) is 9.59 Å². The largest absolute Gasteiger partial charge is 0.337 e. The third-order valence-electron chi connectivity index (χ3n) is 6.70. The molecule has 7 heteroatoms. The van der Waals surface area contributed by atoms with Crippen LogP contribution in [0.1, 0.15) is 61.6 Å². The molecule has 2 unspecified atom stereocenters. The first-order valence-electron chi connectivity index (χ1n) is 11.8. The van der Waals surface area contributed by atoms with E-state index >= 15 is 0 Å². The summed E-state index contributed by atoms with van der Waals surface area (Å²) in [7, 11) is 0. The van der Waals surface area contributed by atoms with E-state index in [1.807, 2.05) is 11.8 Å². The Morgan fingerprint density at radius 2 is 1.82 bits per heavy atom. The lowest BCUT2D eigenvalue weighted by atomic mass is 9.98. The summed E-state index contributed by atoms with van der Waals surface area (Å²) in [6, 6.07) is 8.76. The molecule has 3 heterocycles. The predicted molar refractivity (Wildman–Crippen MR) is 139 cm³/mol. The number of nitrogens with zero attached hydrogens (tertiary/aromatic N) is 3. The van der Waals surface area contributed by atoms with E-state index < -0.39 is 0 Å². The molecule has 0 radical (unpaired) electrons. The molecule has 1 saturated heterocycles. The molecule has 1 amide bonds. The number of hydrogen-bond acceptors (Lipinski definition) is 5. The lowest BCUT2D eigenvalue weighted by molar-refractivity contribution is -0.134. The molecule has 4 rings (SSSR count). The second-order valence-electron chi connectivity index (χ2n) is 9.17. The molecule has 33 heavy (non-hydrogen) atoms. The number of aryl methyl sites for hydroxylation is 3. The molecule has 2 aromatic heterocycles. The maximum atomic E-state index is 13.6. The molecule has 0 aliphatic carbocycles. The number of piperidine rings is 1. The van der Waals surface area contributed by atoms with Crippen molar-refractivity contribution in [2.24, 2.45) is 0 Å². The van der Waals surface area contributed by atoms with E-state index in [2.05, 4.69) is 52.0 Å². The Kier molecular flexibility index (Phi) is 7.29. The lowest BCUT2D eigenvalue weighted by Crippen LogP contribution is -2.48. The number of rotatable bonds is 6.